The second-order valence-electron chi connectivity index (χ2n) is 6.42. The third-order valence-electron chi connectivity index (χ3n) is 4.61. The van der Waals surface area contributed by atoms with Gasteiger partial charge in [0.1, 0.15) is 18.5 Å². The number of carboxylic acids is 1. The predicted octanol–water partition coefficient (Wildman–Crippen LogP) is 2.60. The van der Waals surface area contributed by atoms with Crippen molar-refractivity contribution in [3.8, 4) is 5.75 Å². The van der Waals surface area contributed by atoms with E-state index >= 15 is 0 Å². The van der Waals surface area contributed by atoms with Gasteiger partial charge < -0.3 is 24.3 Å². The molecular formula is C22H18NO4-. The average molecular weight is 360 g/mol. The number of carboxylic acid groups (broad SMARTS) is 1. The molecule has 0 spiro atoms. The summed E-state index contributed by atoms with van der Waals surface area (Å²) in [6.07, 6.45) is -0.718. The van der Waals surface area contributed by atoms with Crippen LogP contribution in [0.5, 0.6) is 5.75 Å². The quantitative estimate of drug-likeness (QED) is 0.574. The molecule has 0 radical (unpaired) electrons. The van der Waals surface area contributed by atoms with Crippen LogP contribution in [0.1, 0.15) is 10.4 Å². The first-order valence-corrected chi connectivity index (χ1v) is 8.72. The monoisotopic (exact) mass is 360 g/mol. The molecule has 0 unspecified atom stereocenters. The Morgan fingerprint density at radius 3 is 2.04 bits per heavy atom. The molecular weight excluding hydrogens is 342 g/mol. The third kappa shape index (κ3) is 3.37. The fourth-order valence-electron chi connectivity index (χ4n) is 3.34. The molecule has 0 bridgehead atoms. The number of hydrogen-bond donors (Lipinski definition) is 1. The SMILES string of the molecule is O=C([O-])c1ccc(OC[C@@H](O)Cn2c3ccccc3c3ccccc32)cc1. The fraction of sp³-hybridized carbons (Fsp3) is 0.136. The minimum atomic E-state index is -1.23. The second kappa shape index (κ2) is 7.13. The first-order valence-electron chi connectivity index (χ1n) is 8.72. The molecule has 4 rings (SSSR count). The zero-order valence-electron chi connectivity index (χ0n) is 14.5. The van der Waals surface area contributed by atoms with Crippen LogP contribution in [0.2, 0.25) is 0 Å². The Bertz CT molecular complexity index is 1050. The zero-order valence-corrected chi connectivity index (χ0v) is 14.5. The van der Waals surface area contributed by atoms with E-state index in [1.54, 1.807) is 12.1 Å². The van der Waals surface area contributed by atoms with Crippen molar-refractivity contribution in [2.24, 2.45) is 0 Å². The van der Waals surface area contributed by atoms with Crippen molar-refractivity contribution < 1.29 is 19.7 Å². The summed E-state index contributed by atoms with van der Waals surface area (Å²) in [5.41, 5.74) is 2.22. The molecule has 5 heteroatoms. The van der Waals surface area contributed by atoms with Gasteiger partial charge in [-0.05, 0) is 42.0 Å². The number of ether oxygens (including phenoxy) is 1. The third-order valence-corrected chi connectivity index (χ3v) is 4.61. The molecule has 3 aromatic carbocycles. The van der Waals surface area contributed by atoms with Crippen LogP contribution in [0.3, 0.4) is 0 Å². The van der Waals surface area contributed by atoms with Crippen molar-refractivity contribution in [2.75, 3.05) is 6.61 Å². The lowest BCUT2D eigenvalue weighted by atomic mass is 10.2. The molecule has 4 aromatic rings. The van der Waals surface area contributed by atoms with Gasteiger partial charge in [-0.1, -0.05) is 36.4 Å². The summed E-state index contributed by atoms with van der Waals surface area (Å²) in [7, 11) is 0. The highest BCUT2D eigenvalue weighted by Crippen LogP contribution is 2.28. The maximum Gasteiger partial charge on any atom is 0.119 e. The van der Waals surface area contributed by atoms with Crippen LogP contribution in [0.25, 0.3) is 21.8 Å². The summed E-state index contributed by atoms with van der Waals surface area (Å²) in [6.45, 7) is 0.497. The number of nitrogens with zero attached hydrogens (tertiary/aromatic N) is 1. The maximum absolute atomic E-state index is 10.8. The van der Waals surface area contributed by atoms with Crippen molar-refractivity contribution >= 4 is 27.8 Å². The standard InChI is InChI=1S/C22H19NO4/c24-16(14-27-17-11-9-15(10-12-17)22(25)26)13-23-20-7-3-1-5-18(20)19-6-2-4-8-21(19)23/h1-12,16,24H,13-14H2,(H,25,26)/p-1/t16-/m0/s1. The summed E-state index contributed by atoms with van der Waals surface area (Å²) in [6, 6.07) is 22.2. The van der Waals surface area contributed by atoms with Crippen molar-refractivity contribution in [3.63, 3.8) is 0 Å². The molecule has 0 saturated heterocycles. The van der Waals surface area contributed by atoms with Crippen LogP contribution in [-0.2, 0) is 6.54 Å². The number of aromatic nitrogens is 1. The minimum Gasteiger partial charge on any atom is -0.545 e. The van der Waals surface area contributed by atoms with Gasteiger partial charge in [-0.15, -0.1) is 0 Å². The lowest BCUT2D eigenvalue weighted by molar-refractivity contribution is -0.255. The number of aliphatic hydroxyl groups is 1. The molecule has 1 aromatic heterocycles. The largest absolute Gasteiger partial charge is 0.545 e. The topological polar surface area (TPSA) is 74.5 Å². The molecule has 0 amide bonds. The van der Waals surface area contributed by atoms with E-state index in [2.05, 4.69) is 16.7 Å². The van der Waals surface area contributed by atoms with E-state index in [1.807, 2.05) is 36.4 Å². The molecule has 136 valence electrons. The number of fused-ring (bicyclic) bond motifs is 3. The zero-order chi connectivity index (χ0) is 18.8. The van der Waals surface area contributed by atoms with Crippen LogP contribution in [0.15, 0.2) is 72.8 Å². The van der Waals surface area contributed by atoms with E-state index < -0.39 is 12.1 Å². The number of para-hydroxylation sites is 2. The number of rotatable bonds is 6. The van der Waals surface area contributed by atoms with Crippen LogP contribution in [0.4, 0.5) is 0 Å². The summed E-state index contributed by atoms with van der Waals surface area (Å²) in [4.78, 5) is 10.8. The van der Waals surface area contributed by atoms with Crippen LogP contribution >= 0.6 is 0 Å². The average Bonchev–Trinajstić information content (AvgIpc) is 3.01. The predicted molar refractivity (Wildman–Crippen MR) is 102 cm³/mol. The van der Waals surface area contributed by atoms with E-state index in [0.29, 0.717) is 12.3 Å². The summed E-state index contributed by atoms with van der Waals surface area (Å²) in [5, 5.41) is 23.6. The van der Waals surface area contributed by atoms with Crippen LogP contribution in [0, 0.1) is 0 Å². The number of benzene rings is 3. The van der Waals surface area contributed by atoms with Gasteiger partial charge in [0.05, 0.1) is 12.5 Å². The smallest absolute Gasteiger partial charge is 0.119 e. The Balaban J connectivity index is 1.52. The van der Waals surface area contributed by atoms with Gasteiger partial charge in [0, 0.05) is 21.8 Å². The van der Waals surface area contributed by atoms with Gasteiger partial charge in [-0.2, -0.15) is 0 Å². The molecule has 0 aliphatic carbocycles. The highest BCUT2D eigenvalue weighted by Gasteiger charge is 2.13. The van der Waals surface area contributed by atoms with E-state index in [-0.39, 0.29) is 12.2 Å². The Kier molecular flexibility index (Phi) is 4.52. The van der Waals surface area contributed by atoms with Crippen molar-refractivity contribution in [1.29, 1.82) is 0 Å². The van der Waals surface area contributed by atoms with E-state index in [0.717, 1.165) is 21.8 Å². The molecule has 1 N–H and O–H groups in total. The molecule has 27 heavy (non-hydrogen) atoms. The highest BCUT2D eigenvalue weighted by atomic mass is 16.5. The number of hydrogen-bond acceptors (Lipinski definition) is 4. The van der Waals surface area contributed by atoms with Crippen molar-refractivity contribution in [2.45, 2.75) is 12.6 Å². The van der Waals surface area contributed by atoms with E-state index in [4.69, 9.17) is 4.74 Å². The lowest BCUT2D eigenvalue weighted by Crippen LogP contribution is -2.24. The first-order chi connectivity index (χ1) is 13.1. The molecule has 1 atom stereocenters. The van der Waals surface area contributed by atoms with Crippen LogP contribution in [-0.4, -0.2) is 28.4 Å². The number of carbonyl (C=O) groups excluding carboxylic acids is 1. The summed E-state index contributed by atoms with van der Waals surface area (Å²) >= 11 is 0. The van der Waals surface area contributed by atoms with Crippen LogP contribution < -0.4 is 9.84 Å². The Morgan fingerprint density at radius 2 is 1.48 bits per heavy atom. The minimum absolute atomic E-state index is 0.0909. The molecule has 0 aliphatic heterocycles. The number of aliphatic hydroxyl groups excluding tert-OH is 1. The molecule has 1 heterocycles. The van der Waals surface area contributed by atoms with Gasteiger partial charge in [-0.25, -0.2) is 0 Å². The number of carbonyl (C=O) groups is 1. The molecule has 0 aliphatic rings. The molecule has 0 fully saturated rings. The van der Waals surface area contributed by atoms with Gasteiger partial charge in [0.15, 0.2) is 0 Å². The summed E-state index contributed by atoms with van der Waals surface area (Å²) < 4.78 is 7.69. The van der Waals surface area contributed by atoms with Crippen molar-refractivity contribution in [3.05, 3.63) is 78.4 Å². The fourth-order valence-corrected chi connectivity index (χ4v) is 3.34. The maximum atomic E-state index is 10.8. The van der Waals surface area contributed by atoms with Gasteiger partial charge in [-0.3, -0.25) is 0 Å². The molecule has 5 nitrogen and oxygen atoms in total. The van der Waals surface area contributed by atoms with Gasteiger partial charge in [0.25, 0.3) is 0 Å². The van der Waals surface area contributed by atoms with Gasteiger partial charge >= 0.3 is 0 Å². The van der Waals surface area contributed by atoms with E-state index in [9.17, 15) is 15.0 Å². The van der Waals surface area contributed by atoms with Gasteiger partial charge in [0.2, 0.25) is 0 Å². The Morgan fingerprint density at radius 1 is 0.926 bits per heavy atom. The van der Waals surface area contributed by atoms with E-state index in [1.165, 1.54) is 12.1 Å². The normalized spacial score (nSPS) is 12.3. The molecule has 0 saturated carbocycles. The second-order valence-corrected chi connectivity index (χ2v) is 6.42. The Hall–Kier alpha value is -3.31. The lowest BCUT2D eigenvalue weighted by Gasteiger charge is -2.15. The van der Waals surface area contributed by atoms with Crippen molar-refractivity contribution in [1.82, 2.24) is 4.57 Å². The highest BCUT2D eigenvalue weighted by molar-refractivity contribution is 6.07. The Labute approximate surface area is 156 Å². The first kappa shape index (κ1) is 17.1. The summed E-state index contributed by atoms with van der Waals surface area (Å²) in [5.74, 6) is -0.728. The number of aromatic carboxylic acids is 1.